The smallest absolute Gasteiger partial charge is 0.276 e. The van der Waals surface area contributed by atoms with E-state index >= 15 is 0 Å². The Balaban J connectivity index is 1.42. The Morgan fingerprint density at radius 2 is 1.78 bits per heavy atom. The van der Waals surface area contributed by atoms with E-state index in [2.05, 4.69) is 15.8 Å². The molecule has 8 heteroatoms. The number of nitrogens with zero attached hydrogens (tertiary/aromatic N) is 2. The van der Waals surface area contributed by atoms with E-state index < -0.39 is 6.29 Å². The second-order valence-corrected chi connectivity index (χ2v) is 9.00. The Labute approximate surface area is 215 Å². The highest BCUT2D eigenvalue weighted by Gasteiger charge is 2.22. The van der Waals surface area contributed by atoms with E-state index in [1.165, 1.54) is 0 Å². The Kier molecular flexibility index (Phi) is 7.70. The number of pyridine rings is 2. The molecular formula is C29H30N4O4. The van der Waals surface area contributed by atoms with Gasteiger partial charge in [-0.15, -0.1) is 0 Å². The molecular weight excluding hydrogens is 468 g/mol. The molecule has 0 radical (unpaired) electrons. The van der Waals surface area contributed by atoms with Crippen molar-refractivity contribution >= 4 is 22.5 Å². The van der Waals surface area contributed by atoms with Crippen molar-refractivity contribution in [2.75, 3.05) is 25.1 Å². The fraction of sp³-hybridized carbons (Fsp3) is 0.276. The summed E-state index contributed by atoms with van der Waals surface area (Å²) in [6.45, 7) is 3.13. The zero-order valence-corrected chi connectivity index (χ0v) is 20.7. The second-order valence-electron chi connectivity index (χ2n) is 9.00. The number of nitrogens with one attached hydrogen (secondary N) is 2. The molecule has 2 aromatic heterocycles. The molecule has 3 N–H and O–H groups in total. The number of aliphatic hydroxyl groups is 1. The molecule has 5 rings (SSSR count). The summed E-state index contributed by atoms with van der Waals surface area (Å²) < 4.78 is 5.57. The van der Waals surface area contributed by atoms with Crippen LogP contribution in [0.3, 0.4) is 0 Å². The molecule has 190 valence electrons. The zero-order valence-electron chi connectivity index (χ0n) is 20.7. The lowest BCUT2D eigenvalue weighted by Crippen LogP contribution is -2.33. The molecule has 1 aliphatic rings. The summed E-state index contributed by atoms with van der Waals surface area (Å²) in [5.41, 5.74) is 9.26. The van der Waals surface area contributed by atoms with Crippen LogP contribution in [-0.2, 0) is 9.57 Å². The third kappa shape index (κ3) is 5.61. The number of aliphatic hydroxyl groups excluding tert-OH is 1. The maximum Gasteiger partial charge on any atom is 0.276 e. The monoisotopic (exact) mass is 498 g/mol. The van der Waals surface area contributed by atoms with Crippen LogP contribution in [0.15, 0.2) is 67.0 Å². The summed E-state index contributed by atoms with van der Waals surface area (Å²) >= 11 is 0. The lowest BCUT2D eigenvalue weighted by Gasteiger charge is -2.22. The molecule has 0 spiro atoms. The van der Waals surface area contributed by atoms with Crippen LogP contribution in [-0.4, -0.2) is 47.0 Å². The van der Waals surface area contributed by atoms with Crippen LogP contribution in [0.25, 0.3) is 33.3 Å². The van der Waals surface area contributed by atoms with Crippen LogP contribution in [0.5, 0.6) is 0 Å². The molecule has 0 saturated carbocycles. The Morgan fingerprint density at radius 1 is 1.05 bits per heavy atom. The summed E-state index contributed by atoms with van der Waals surface area (Å²) in [6.07, 6.45) is 5.65. The van der Waals surface area contributed by atoms with E-state index in [0.717, 1.165) is 52.9 Å². The van der Waals surface area contributed by atoms with Gasteiger partial charge in [-0.2, -0.15) is 0 Å². The summed E-state index contributed by atoms with van der Waals surface area (Å²) in [7, 11) is 0. The number of fused-ring (bicyclic) bond motifs is 1. The van der Waals surface area contributed by atoms with Crippen molar-refractivity contribution in [1.29, 1.82) is 0 Å². The van der Waals surface area contributed by atoms with Gasteiger partial charge >= 0.3 is 0 Å². The number of hydroxylamine groups is 1. The van der Waals surface area contributed by atoms with Gasteiger partial charge in [-0.25, -0.2) is 15.3 Å². The van der Waals surface area contributed by atoms with Crippen molar-refractivity contribution in [3.8, 4) is 22.4 Å². The van der Waals surface area contributed by atoms with Gasteiger partial charge in [0.1, 0.15) is 0 Å². The van der Waals surface area contributed by atoms with Crippen LogP contribution in [0.1, 0.15) is 35.2 Å². The number of ether oxygens (including phenoxy) is 1. The van der Waals surface area contributed by atoms with Crippen molar-refractivity contribution < 1.29 is 19.5 Å². The zero-order chi connectivity index (χ0) is 25.6. The number of carbonyl (C=O) groups excluding carboxylic acids is 1. The first-order valence-electron chi connectivity index (χ1n) is 12.5. The molecule has 2 aromatic carbocycles. The van der Waals surface area contributed by atoms with Crippen LogP contribution in [0.2, 0.25) is 0 Å². The highest BCUT2D eigenvalue weighted by Crippen LogP contribution is 2.31. The highest BCUT2D eigenvalue weighted by atomic mass is 16.8. The van der Waals surface area contributed by atoms with Gasteiger partial charge in [0, 0.05) is 48.6 Å². The van der Waals surface area contributed by atoms with E-state index in [1.807, 2.05) is 55.5 Å². The van der Waals surface area contributed by atoms with E-state index in [4.69, 9.17) is 19.7 Å². The minimum atomic E-state index is -0.434. The SMILES string of the molecule is Cc1c(-c2ccc(-c3ccc(NCCO)cc3)cc2)nc2ccncc2c1C(=O)NOC1CCCCO1. The highest BCUT2D eigenvalue weighted by molar-refractivity contribution is 6.08. The second kappa shape index (κ2) is 11.5. The third-order valence-corrected chi connectivity index (χ3v) is 6.50. The third-order valence-electron chi connectivity index (χ3n) is 6.50. The molecule has 1 fully saturated rings. The molecule has 0 aliphatic carbocycles. The molecule has 1 saturated heterocycles. The lowest BCUT2D eigenvalue weighted by molar-refractivity contribution is -0.186. The maximum absolute atomic E-state index is 13.3. The molecule has 37 heavy (non-hydrogen) atoms. The van der Waals surface area contributed by atoms with Crippen LogP contribution >= 0.6 is 0 Å². The normalized spacial score (nSPS) is 15.5. The first kappa shape index (κ1) is 24.8. The van der Waals surface area contributed by atoms with Crippen molar-refractivity contribution in [3.63, 3.8) is 0 Å². The standard InChI is InChI=1S/C29H30N4O4/c1-19-27(29(35)33-37-26-4-2-3-17-36-26)24-18-30-14-13-25(24)32-28(19)22-7-5-20(6-8-22)21-9-11-23(12-10-21)31-15-16-34/h5-14,18,26,31,34H,2-4,15-17H2,1H3,(H,33,35). The number of benzene rings is 2. The first-order chi connectivity index (χ1) is 18.1. The summed E-state index contributed by atoms with van der Waals surface area (Å²) in [5, 5.41) is 12.8. The topological polar surface area (TPSA) is 106 Å². The van der Waals surface area contributed by atoms with Gasteiger partial charge in [0.05, 0.1) is 23.4 Å². The number of amides is 1. The number of anilines is 1. The average Bonchev–Trinajstić information content (AvgIpc) is 2.95. The quantitative estimate of drug-likeness (QED) is 0.298. The Bertz CT molecular complexity index is 1370. The van der Waals surface area contributed by atoms with Gasteiger partial charge in [0.15, 0.2) is 6.29 Å². The maximum atomic E-state index is 13.3. The van der Waals surface area contributed by atoms with E-state index in [-0.39, 0.29) is 12.5 Å². The van der Waals surface area contributed by atoms with Gasteiger partial charge in [-0.3, -0.25) is 9.78 Å². The van der Waals surface area contributed by atoms with Gasteiger partial charge in [0.25, 0.3) is 5.91 Å². The first-order valence-corrected chi connectivity index (χ1v) is 12.5. The number of carbonyl (C=O) groups is 1. The predicted octanol–water partition coefficient (Wildman–Crippen LogP) is 4.86. The molecule has 0 bridgehead atoms. The Morgan fingerprint density at radius 3 is 2.49 bits per heavy atom. The van der Waals surface area contributed by atoms with Crippen LogP contribution in [0, 0.1) is 6.92 Å². The molecule has 3 heterocycles. The minimum Gasteiger partial charge on any atom is -0.395 e. The number of hydrogen-bond donors (Lipinski definition) is 3. The number of rotatable bonds is 8. The van der Waals surface area contributed by atoms with Crippen LogP contribution < -0.4 is 10.8 Å². The van der Waals surface area contributed by atoms with Crippen molar-refractivity contribution in [1.82, 2.24) is 15.4 Å². The summed E-state index contributed by atoms with van der Waals surface area (Å²) in [4.78, 5) is 27.9. The largest absolute Gasteiger partial charge is 0.395 e. The van der Waals surface area contributed by atoms with E-state index in [1.54, 1.807) is 18.5 Å². The van der Waals surface area contributed by atoms with Gasteiger partial charge in [-0.1, -0.05) is 36.4 Å². The molecule has 4 aromatic rings. The van der Waals surface area contributed by atoms with Gasteiger partial charge < -0.3 is 15.2 Å². The number of hydrogen-bond acceptors (Lipinski definition) is 7. The molecule has 1 unspecified atom stereocenters. The average molecular weight is 499 g/mol. The fourth-order valence-electron chi connectivity index (χ4n) is 4.55. The lowest BCUT2D eigenvalue weighted by atomic mass is 9.96. The number of aromatic nitrogens is 2. The fourth-order valence-corrected chi connectivity index (χ4v) is 4.55. The van der Waals surface area contributed by atoms with Gasteiger partial charge in [-0.05, 0) is 54.7 Å². The van der Waals surface area contributed by atoms with Gasteiger partial charge in [0.2, 0.25) is 0 Å². The van der Waals surface area contributed by atoms with Crippen molar-refractivity contribution in [3.05, 3.63) is 78.1 Å². The molecule has 1 amide bonds. The summed E-state index contributed by atoms with van der Waals surface area (Å²) in [6, 6.07) is 18.0. The van der Waals surface area contributed by atoms with Crippen molar-refractivity contribution in [2.24, 2.45) is 0 Å². The molecule has 8 nitrogen and oxygen atoms in total. The minimum absolute atomic E-state index is 0.0906. The molecule has 1 aliphatic heterocycles. The van der Waals surface area contributed by atoms with E-state index in [9.17, 15) is 4.79 Å². The Hall–Kier alpha value is -3.85. The molecule has 1 atom stereocenters. The summed E-state index contributed by atoms with van der Waals surface area (Å²) in [5.74, 6) is -0.347. The van der Waals surface area contributed by atoms with E-state index in [0.29, 0.717) is 29.6 Å². The van der Waals surface area contributed by atoms with Crippen LogP contribution in [0.4, 0.5) is 5.69 Å². The van der Waals surface area contributed by atoms with Crippen molar-refractivity contribution in [2.45, 2.75) is 32.5 Å². The predicted molar refractivity (Wildman–Crippen MR) is 143 cm³/mol.